The molecule has 3 rings (SSSR count). The number of likely N-dealkylation sites (N-methyl/N-ethyl adjacent to an activating group) is 1. The molecular weight excluding hydrogens is 294 g/mol. The van der Waals surface area contributed by atoms with Crippen LogP contribution in [0, 0.1) is 0 Å². The second kappa shape index (κ2) is 7.25. The average molecular weight is 323 g/mol. The zero-order valence-electron chi connectivity index (χ0n) is 14.5. The van der Waals surface area contributed by atoms with Crippen molar-refractivity contribution in [1.29, 1.82) is 0 Å². The van der Waals surface area contributed by atoms with Gasteiger partial charge in [-0.25, -0.2) is 0 Å². The quantitative estimate of drug-likeness (QED) is 0.737. The Hall–Kier alpha value is -1.02. The van der Waals surface area contributed by atoms with Crippen LogP contribution in [0.2, 0.25) is 0 Å². The van der Waals surface area contributed by atoms with E-state index in [9.17, 15) is 5.11 Å². The first-order valence-electron chi connectivity index (χ1n) is 8.56. The highest BCUT2D eigenvalue weighted by Crippen LogP contribution is 2.38. The highest BCUT2D eigenvalue weighted by Gasteiger charge is 2.31. The molecule has 0 amide bonds. The third kappa shape index (κ3) is 4.09. The summed E-state index contributed by atoms with van der Waals surface area (Å²) in [5.41, 5.74) is 0. The van der Waals surface area contributed by atoms with E-state index < -0.39 is 6.10 Å². The summed E-state index contributed by atoms with van der Waals surface area (Å²) in [5.74, 6) is 2.83. The molecule has 0 bridgehead atoms. The Kier molecular flexibility index (Phi) is 5.31. The summed E-state index contributed by atoms with van der Waals surface area (Å²) in [5, 5.41) is 18.6. The van der Waals surface area contributed by atoms with Crippen LogP contribution < -0.4 is 0 Å². The van der Waals surface area contributed by atoms with Crippen molar-refractivity contribution in [2.45, 2.75) is 43.9 Å². The summed E-state index contributed by atoms with van der Waals surface area (Å²) >= 11 is 0. The number of aromatic nitrogens is 3. The van der Waals surface area contributed by atoms with Crippen molar-refractivity contribution in [1.82, 2.24) is 24.6 Å². The molecule has 7 nitrogen and oxygen atoms in total. The summed E-state index contributed by atoms with van der Waals surface area (Å²) in [6, 6.07) is 0.505. The Labute approximate surface area is 138 Å². The molecule has 23 heavy (non-hydrogen) atoms. The van der Waals surface area contributed by atoms with Gasteiger partial charge in [0.15, 0.2) is 0 Å². The molecule has 2 atom stereocenters. The van der Waals surface area contributed by atoms with Gasteiger partial charge in [0.1, 0.15) is 11.6 Å². The molecule has 1 saturated carbocycles. The van der Waals surface area contributed by atoms with Gasteiger partial charge >= 0.3 is 0 Å². The highest BCUT2D eigenvalue weighted by atomic mass is 16.5. The van der Waals surface area contributed by atoms with Crippen LogP contribution in [0.3, 0.4) is 0 Å². The number of aliphatic hydroxyl groups is 1. The molecule has 1 aliphatic heterocycles. The number of β-amino-alcohol motifs (C(OH)–C–C–N with tert-alkyl or cyclic N) is 1. The molecule has 0 spiro atoms. The van der Waals surface area contributed by atoms with Crippen LogP contribution in [0.25, 0.3) is 0 Å². The van der Waals surface area contributed by atoms with Gasteiger partial charge in [0.25, 0.3) is 0 Å². The number of ether oxygens (including phenoxy) is 1. The normalized spacial score (nSPS) is 23.8. The van der Waals surface area contributed by atoms with Crippen LogP contribution >= 0.6 is 0 Å². The van der Waals surface area contributed by atoms with Gasteiger partial charge in [-0.2, -0.15) is 0 Å². The van der Waals surface area contributed by atoms with Gasteiger partial charge in [-0.3, -0.25) is 9.80 Å². The number of nitrogens with zero attached hydrogens (tertiary/aromatic N) is 5. The Morgan fingerprint density at radius 2 is 2.13 bits per heavy atom. The average Bonchev–Trinajstić information content (AvgIpc) is 3.14. The van der Waals surface area contributed by atoms with E-state index in [2.05, 4.69) is 38.7 Å². The van der Waals surface area contributed by atoms with Crippen LogP contribution in [0.5, 0.6) is 0 Å². The number of methoxy groups -OCH3 is 1. The molecule has 1 aliphatic carbocycles. The number of hydrogen-bond donors (Lipinski definition) is 1. The van der Waals surface area contributed by atoms with Crippen molar-refractivity contribution in [3.8, 4) is 0 Å². The maximum absolute atomic E-state index is 9.86. The van der Waals surface area contributed by atoms with Crippen LogP contribution in [0.1, 0.15) is 36.8 Å². The smallest absolute Gasteiger partial charge is 0.146 e. The van der Waals surface area contributed by atoms with Gasteiger partial charge in [-0.05, 0) is 32.9 Å². The Morgan fingerprint density at radius 1 is 1.35 bits per heavy atom. The molecule has 2 unspecified atom stereocenters. The molecular formula is C16H29N5O2. The maximum Gasteiger partial charge on any atom is 0.146 e. The largest absolute Gasteiger partial charge is 0.389 e. The van der Waals surface area contributed by atoms with Crippen molar-refractivity contribution >= 4 is 0 Å². The van der Waals surface area contributed by atoms with Crippen molar-refractivity contribution in [2.24, 2.45) is 7.05 Å². The van der Waals surface area contributed by atoms with Crippen LogP contribution in [0.15, 0.2) is 0 Å². The lowest BCUT2D eigenvalue weighted by Crippen LogP contribution is -2.38. The van der Waals surface area contributed by atoms with E-state index >= 15 is 0 Å². The van der Waals surface area contributed by atoms with Crippen molar-refractivity contribution in [3.05, 3.63) is 11.6 Å². The molecule has 0 radical (unpaired) electrons. The number of aliphatic hydroxyl groups excluding tert-OH is 1. The van der Waals surface area contributed by atoms with Crippen molar-refractivity contribution < 1.29 is 9.84 Å². The molecule has 2 aliphatic rings. The first-order chi connectivity index (χ1) is 11.1. The minimum atomic E-state index is -0.399. The predicted octanol–water partition coefficient (Wildman–Crippen LogP) is 0.206. The molecule has 1 aromatic rings. The predicted molar refractivity (Wildman–Crippen MR) is 87.2 cm³/mol. The lowest BCUT2D eigenvalue weighted by Gasteiger charge is -2.25. The maximum atomic E-state index is 9.86. The lowest BCUT2D eigenvalue weighted by molar-refractivity contribution is 0.0413. The minimum Gasteiger partial charge on any atom is -0.389 e. The summed E-state index contributed by atoms with van der Waals surface area (Å²) < 4.78 is 7.17. The fourth-order valence-corrected chi connectivity index (χ4v) is 3.44. The second-order valence-corrected chi connectivity index (χ2v) is 7.03. The van der Waals surface area contributed by atoms with E-state index in [-0.39, 0.29) is 0 Å². The molecule has 130 valence electrons. The fraction of sp³-hybridized carbons (Fsp3) is 0.875. The lowest BCUT2D eigenvalue weighted by atomic mass is 10.2. The highest BCUT2D eigenvalue weighted by molar-refractivity contribution is 5.07. The molecule has 1 N–H and O–H groups in total. The van der Waals surface area contributed by atoms with Gasteiger partial charge in [0.2, 0.25) is 0 Å². The number of likely N-dealkylation sites (tertiary alicyclic amines) is 1. The molecule has 1 saturated heterocycles. The second-order valence-electron chi connectivity index (χ2n) is 7.03. The number of hydrogen-bond acceptors (Lipinski definition) is 6. The Bertz CT molecular complexity index is 517. The van der Waals surface area contributed by atoms with E-state index in [1.807, 2.05) is 0 Å². The molecule has 1 aromatic heterocycles. The standard InChI is InChI=1S/C16H29N5O2/c1-19(10-15-17-18-16(20(15)2)12-4-5-12)13-6-7-21(8-13)9-14(22)11-23-3/h12-14,22H,4-11H2,1-3H3. The third-order valence-corrected chi connectivity index (χ3v) is 5.03. The van der Waals surface area contributed by atoms with Crippen molar-refractivity contribution in [2.75, 3.05) is 40.4 Å². The van der Waals surface area contributed by atoms with Gasteiger partial charge in [-0.15, -0.1) is 10.2 Å². The summed E-state index contributed by atoms with van der Waals surface area (Å²) in [7, 11) is 5.87. The van der Waals surface area contributed by atoms with Crippen LogP contribution in [-0.2, 0) is 18.3 Å². The topological polar surface area (TPSA) is 66.7 Å². The first kappa shape index (κ1) is 16.8. The molecule has 7 heteroatoms. The van der Waals surface area contributed by atoms with E-state index in [0.717, 1.165) is 37.7 Å². The zero-order valence-corrected chi connectivity index (χ0v) is 14.5. The van der Waals surface area contributed by atoms with Crippen LogP contribution in [0.4, 0.5) is 0 Å². The SMILES string of the molecule is COCC(O)CN1CCC(N(C)Cc2nnc(C3CC3)n2C)C1. The van der Waals surface area contributed by atoms with E-state index in [1.54, 1.807) is 7.11 Å². The minimum absolute atomic E-state index is 0.399. The Morgan fingerprint density at radius 3 is 2.83 bits per heavy atom. The first-order valence-corrected chi connectivity index (χ1v) is 8.56. The third-order valence-electron chi connectivity index (χ3n) is 5.03. The van der Waals surface area contributed by atoms with Crippen LogP contribution in [-0.4, -0.2) is 82.2 Å². The Balaban J connectivity index is 1.50. The summed E-state index contributed by atoms with van der Waals surface area (Å²) in [4.78, 5) is 4.68. The zero-order chi connectivity index (χ0) is 16.4. The van der Waals surface area contributed by atoms with Crippen molar-refractivity contribution in [3.63, 3.8) is 0 Å². The van der Waals surface area contributed by atoms with Gasteiger partial charge < -0.3 is 14.4 Å². The number of rotatable bonds is 8. The molecule has 2 heterocycles. The fourth-order valence-electron chi connectivity index (χ4n) is 3.44. The summed E-state index contributed by atoms with van der Waals surface area (Å²) in [6.07, 6.45) is 3.24. The van der Waals surface area contributed by atoms with Gasteiger partial charge in [0, 0.05) is 39.2 Å². The molecule has 0 aromatic carbocycles. The van der Waals surface area contributed by atoms with E-state index in [4.69, 9.17) is 4.74 Å². The van der Waals surface area contributed by atoms with Gasteiger partial charge in [0.05, 0.1) is 19.3 Å². The summed E-state index contributed by atoms with van der Waals surface area (Å²) in [6.45, 7) is 3.94. The molecule has 2 fully saturated rings. The van der Waals surface area contributed by atoms with Gasteiger partial charge in [-0.1, -0.05) is 0 Å². The van der Waals surface area contributed by atoms with E-state index in [0.29, 0.717) is 25.1 Å². The van der Waals surface area contributed by atoms with E-state index in [1.165, 1.54) is 12.8 Å². The monoisotopic (exact) mass is 323 g/mol.